The van der Waals surface area contributed by atoms with Gasteiger partial charge in [0.1, 0.15) is 5.75 Å². The van der Waals surface area contributed by atoms with E-state index in [1.807, 2.05) is 0 Å². The average Bonchev–Trinajstić information content (AvgIpc) is 2.36. The Labute approximate surface area is 109 Å². The largest absolute Gasteiger partial charge is 0.342 e. The molecular formula is C12H20N2O3S. The van der Waals surface area contributed by atoms with Crippen molar-refractivity contribution in [1.29, 1.82) is 5.26 Å². The second-order valence-corrected chi connectivity index (χ2v) is 6.98. The summed E-state index contributed by atoms with van der Waals surface area (Å²) in [5.41, 5.74) is 0. The molecule has 0 aromatic rings. The lowest BCUT2D eigenvalue weighted by Gasteiger charge is -2.31. The van der Waals surface area contributed by atoms with Crippen LogP contribution in [0.25, 0.3) is 0 Å². The number of hydrogen-bond acceptors (Lipinski definition) is 4. The number of amides is 1. The van der Waals surface area contributed by atoms with Gasteiger partial charge in [-0.15, -0.1) is 0 Å². The number of carbonyl (C=O) groups excluding carboxylic acids is 1. The molecule has 18 heavy (non-hydrogen) atoms. The van der Waals surface area contributed by atoms with E-state index in [4.69, 9.17) is 5.26 Å². The van der Waals surface area contributed by atoms with Gasteiger partial charge in [-0.2, -0.15) is 5.26 Å². The molecule has 0 atom stereocenters. The molecule has 1 saturated carbocycles. The third-order valence-electron chi connectivity index (χ3n) is 3.38. The average molecular weight is 272 g/mol. The summed E-state index contributed by atoms with van der Waals surface area (Å²) in [6, 6.07) is 1.96. The first-order chi connectivity index (χ1) is 8.46. The SMILES string of the molecule is CN(C(=O)CS(=O)(=O)CCC#N)C1CCCCC1. The molecule has 1 fully saturated rings. The van der Waals surface area contributed by atoms with Gasteiger partial charge in [-0.3, -0.25) is 4.79 Å². The van der Waals surface area contributed by atoms with Gasteiger partial charge in [-0.25, -0.2) is 8.42 Å². The second kappa shape index (κ2) is 6.74. The van der Waals surface area contributed by atoms with E-state index >= 15 is 0 Å². The fraction of sp³-hybridized carbons (Fsp3) is 0.833. The Bertz CT molecular complexity index is 419. The zero-order valence-corrected chi connectivity index (χ0v) is 11.6. The van der Waals surface area contributed by atoms with E-state index in [0.717, 1.165) is 25.7 Å². The summed E-state index contributed by atoms with van der Waals surface area (Å²) >= 11 is 0. The molecule has 0 heterocycles. The second-order valence-electron chi connectivity index (χ2n) is 4.80. The molecule has 0 aromatic carbocycles. The maximum absolute atomic E-state index is 11.9. The summed E-state index contributed by atoms with van der Waals surface area (Å²) in [6.45, 7) is 0. The fourth-order valence-electron chi connectivity index (χ4n) is 2.24. The standard InChI is InChI=1S/C12H20N2O3S/c1-14(11-6-3-2-4-7-11)12(15)10-18(16,17)9-5-8-13/h11H,2-7,9-10H2,1H3. The molecule has 0 N–H and O–H groups in total. The Morgan fingerprint density at radius 1 is 1.33 bits per heavy atom. The monoisotopic (exact) mass is 272 g/mol. The predicted molar refractivity (Wildman–Crippen MR) is 68.5 cm³/mol. The van der Waals surface area contributed by atoms with Crippen LogP contribution in [0, 0.1) is 11.3 Å². The van der Waals surface area contributed by atoms with E-state index < -0.39 is 15.6 Å². The Morgan fingerprint density at radius 3 is 2.50 bits per heavy atom. The van der Waals surface area contributed by atoms with E-state index in [-0.39, 0.29) is 24.1 Å². The first-order valence-electron chi connectivity index (χ1n) is 6.29. The van der Waals surface area contributed by atoms with Gasteiger partial charge in [0, 0.05) is 19.5 Å². The first-order valence-corrected chi connectivity index (χ1v) is 8.11. The summed E-state index contributed by atoms with van der Waals surface area (Å²) in [4.78, 5) is 13.5. The van der Waals surface area contributed by atoms with Gasteiger partial charge in [0.2, 0.25) is 5.91 Å². The third-order valence-corrected chi connectivity index (χ3v) is 4.90. The summed E-state index contributed by atoms with van der Waals surface area (Å²) in [5, 5.41) is 8.37. The summed E-state index contributed by atoms with van der Waals surface area (Å²) in [7, 11) is -1.76. The van der Waals surface area contributed by atoms with Crippen LogP contribution in [-0.2, 0) is 14.6 Å². The number of hydrogen-bond donors (Lipinski definition) is 0. The molecule has 1 amide bonds. The lowest BCUT2D eigenvalue weighted by Crippen LogP contribution is -2.41. The molecular weight excluding hydrogens is 252 g/mol. The van der Waals surface area contributed by atoms with Gasteiger partial charge in [-0.05, 0) is 12.8 Å². The molecule has 0 aliphatic heterocycles. The van der Waals surface area contributed by atoms with Crippen molar-refractivity contribution in [3.8, 4) is 6.07 Å². The van der Waals surface area contributed by atoms with Crippen molar-refractivity contribution in [2.75, 3.05) is 18.6 Å². The van der Waals surface area contributed by atoms with Crippen LogP contribution >= 0.6 is 0 Å². The van der Waals surface area contributed by atoms with Crippen molar-refractivity contribution in [3.63, 3.8) is 0 Å². The lowest BCUT2D eigenvalue weighted by atomic mass is 9.94. The molecule has 6 heteroatoms. The number of sulfone groups is 1. The fourth-order valence-corrected chi connectivity index (χ4v) is 3.36. The Hall–Kier alpha value is -1.09. The molecule has 0 unspecified atom stereocenters. The van der Waals surface area contributed by atoms with Crippen LogP contribution in [0.4, 0.5) is 0 Å². The van der Waals surface area contributed by atoms with E-state index in [1.165, 1.54) is 6.42 Å². The minimum absolute atomic E-state index is 0.0528. The summed E-state index contributed by atoms with van der Waals surface area (Å²) < 4.78 is 23.2. The highest BCUT2D eigenvalue weighted by Crippen LogP contribution is 2.21. The topological polar surface area (TPSA) is 78.2 Å². The number of nitrogens with zero attached hydrogens (tertiary/aromatic N) is 2. The summed E-state index contributed by atoms with van der Waals surface area (Å²) in [5.74, 6) is -1.05. The molecule has 1 aliphatic carbocycles. The Balaban J connectivity index is 2.51. The van der Waals surface area contributed by atoms with Crippen LogP contribution in [0.5, 0.6) is 0 Å². The minimum atomic E-state index is -3.44. The van der Waals surface area contributed by atoms with Crippen LogP contribution < -0.4 is 0 Å². The predicted octanol–water partition coefficient (Wildman–Crippen LogP) is 1.11. The number of rotatable bonds is 5. The highest BCUT2D eigenvalue weighted by molar-refractivity contribution is 7.92. The van der Waals surface area contributed by atoms with Gasteiger partial charge < -0.3 is 4.90 Å². The van der Waals surface area contributed by atoms with Crippen molar-refractivity contribution in [2.45, 2.75) is 44.6 Å². The zero-order valence-electron chi connectivity index (χ0n) is 10.8. The number of carbonyl (C=O) groups is 1. The lowest BCUT2D eigenvalue weighted by molar-refractivity contribution is -0.129. The molecule has 0 bridgehead atoms. The van der Waals surface area contributed by atoms with Crippen molar-refractivity contribution in [3.05, 3.63) is 0 Å². The molecule has 102 valence electrons. The Morgan fingerprint density at radius 2 is 1.94 bits per heavy atom. The summed E-state index contributed by atoms with van der Waals surface area (Å²) in [6.07, 6.45) is 5.26. The van der Waals surface area contributed by atoms with Crippen molar-refractivity contribution in [1.82, 2.24) is 4.90 Å². The third kappa shape index (κ3) is 4.65. The van der Waals surface area contributed by atoms with Crippen LogP contribution in [-0.4, -0.2) is 43.8 Å². The van der Waals surface area contributed by atoms with Gasteiger partial charge in [0.25, 0.3) is 0 Å². The van der Waals surface area contributed by atoms with Gasteiger partial charge >= 0.3 is 0 Å². The van der Waals surface area contributed by atoms with Gasteiger partial charge in [0.15, 0.2) is 9.84 Å². The minimum Gasteiger partial charge on any atom is -0.342 e. The van der Waals surface area contributed by atoms with Crippen molar-refractivity contribution < 1.29 is 13.2 Å². The Kier molecular flexibility index (Phi) is 5.60. The molecule has 0 spiro atoms. The van der Waals surface area contributed by atoms with Crippen molar-refractivity contribution >= 4 is 15.7 Å². The first kappa shape index (κ1) is 15.0. The quantitative estimate of drug-likeness (QED) is 0.751. The van der Waals surface area contributed by atoms with Crippen LogP contribution in [0.3, 0.4) is 0 Å². The van der Waals surface area contributed by atoms with Crippen LogP contribution in [0.15, 0.2) is 0 Å². The molecule has 1 rings (SSSR count). The molecule has 0 aromatic heterocycles. The maximum atomic E-state index is 11.9. The van der Waals surface area contributed by atoms with E-state index in [1.54, 1.807) is 18.0 Å². The highest BCUT2D eigenvalue weighted by atomic mass is 32.2. The molecule has 0 radical (unpaired) electrons. The van der Waals surface area contributed by atoms with Crippen LogP contribution in [0.1, 0.15) is 38.5 Å². The van der Waals surface area contributed by atoms with E-state index in [9.17, 15) is 13.2 Å². The smallest absolute Gasteiger partial charge is 0.237 e. The van der Waals surface area contributed by atoms with Gasteiger partial charge in [-0.1, -0.05) is 19.3 Å². The van der Waals surface area contributed by atoms with E-state index in [2.05, 4.69) is 0 Å². The van der Waals surface area contributed by atoms with Gasteiger partial charge in [0.05, 0.1) is 11.8 Å². The number of nitriles is 1. The maximum Gasteiger partial charge on any atom is 0.237 e. The molecule has 5 nitrogen and oxygen atoms in total. The normalized spacial score (nSPS) is 17.1. The van der Waals surface area contributed by atoms with Crippen LogP contribution in [0.2, 0.25) is 0 Å². The zero-order chi connectivity index (χ0) is 13.6. The molecule has 1 aliphatic rings. The van der Waals surface area contributed by atoms with Crippen molar-refractivity contribution in [2.24, 2.45) is 0 Å². The molecule has 0 saturated heterocycles. The van der Waals surface area contributed by atoms with E-state index in [0.29, 0.717) is 0 Å². The highest BCUT2D eigenvalue weighted by Gasteiger charge is 2.25.